The van der Waals surface area contributed by atoms with Crippen LogP contribution in [-0.4, -0.2) is 27.2 Å². The average molecular weight is 295 g/mol. The molecule has 0 fully saturated rings. The Kier molecular flexibility index (Phi) is 3.89. The number of aliphatic hydroxyl groups excluding tert-OH is 1. The van der Waals surface area contributed by atoms with E-state index in [1.165, 1.54) is 0 Å². The second kappa shape index (κ2) is 5.99. The number of nitrogens with zero attached hydrogens (tertiary/aromatic N) is 3. The van der Waals surface area contributed by atoms with Crippen LogP contribution in [0.15, 0.2) is 48.5 Å². The molecule has 3 aromatic rings. The third kappa shape index (κ3) is 2.58. The van der Waals surface area contributed by atoms with E-state index in [9.17, 15) is 5.11 Å². The average Bonchev–Trinajstić information content (AvgIpc) is 2.99. The Balaban J connectivity index is 2.14. The number of ether oxygens (including phenoxy) is 1. The molecule has 2 aromatic carbocycles. The largest absolute Gasteiger partial charge is 0.497 e. The summed E-state index contributed by atoms with van der Waals surface area (Å²) in [6.07, 6.45) is 0. The van der Waals surface area contributed by atoms with Crippen LogP contribution in [0.3, 0.4) is 0 Å². The van der Waals surface area contributed by atoms with Gasteiger partial charge in [-0.2, -0.15) is 0 Å². The Bertz CT molecular complexity index is 779. The van der Waals surface area contributed by atoms with Crippen molar-refractivity contribution < 1.29 is 9.84 Å². The molecule has 0 aliphatic carbocycles. The number of hydrogen-bond donors (Lipinski definition) is 1. The molecular weight excluding hydrogens is 278 g/mol. The van der Waals surface area contributed by atoms with Gasteiger partial charge in [0.05, 0.1) is 19.4 Å². The van der Waals surface area contributed by atoms with E-state index in [4.69, 9.17) is 4.74 Å². The Morgan fingerprint density at radius 3 is 2.55 bits per heavy atom. The first-order valence-electron chi connectivity index (χ1n) is 7.00. The highest BCUT2D eigenvalue weighted by molar-refractivity contribution is 5.65. The van der Waals surface area contributed by atoms with Gasteiger partial charge in [0.2, 0.25) is 0 Å². The van der Waals surface area contributed by atoms with Crippen LogP contribution < -0.4 is 4.74 Å². The van der Waals surface area contributed by atoms with Gasteiger partial charge in [0.25, 0.3) is 0 Å². The minimum atomic E-state index is -0.153. The third-order valence-corrected chi connectivity index (χ3v) is 3.50. The summed E-state index contributed by atoms with van der Waals surface area (Å²) in [6, 6.07) is 15.6. The summed E-state index contributed by atoms with van der Waals surface area (Å²) in [5, 5.41) is 17.8. The molecule has 0 spiro atoms. The lowest BCUT2D eigenvalue weighted by Crippen LogP contribution is -2.00. The first-order valence-corrected chi connectivity index (χ1v) is 7.00. The van der Waals surface area contributed by atoms with Crippen LogP contribution in [0.1, 0.15) is 11.3 Å². The zero-order valence-electron chi connectivity index (χ0n) is 12.5. The monoisotopic (exact) mass is 295 g/mol. The van der Waals surface area contributed by atoms with Gasteiger partial charge in [-0.25, -0.2) is 4.68 Å². The van der Waals surface area contributed by atoms with E-state index in [1.54, 1.807) is 11.8 Å². The molecule has 5 nitrogen and oxygen atoms in total. The molecule has 0 saturated heterocycles. The van der Waals surface area contributed by atoms with E-state index >= 15 is 0 Å². The van der Waals surface area contributed by atoms with Crippen LogP contribution in [0.2, 0.25) is 0 Å². The van der Waals surface area contributed by atoms with Crippen LogP contribution in [-0.2, 0) is 6.61 Å². The van der Waals surface area contributed by atoms with Crippen molar-refractivity contribution in [2.75, 3.05) is 7.11 Å². The fourth-order valence-corrected chi connectivity index (χ4v) is 2.40. The number of benzene rings is 2. The van der Waals surface area contributed by atoms with Crippen molar-refractivity contribution >= 4 is 0 Å². The standard InChI is InChI=1S/C17H17N3O2/c1-12-4-3-5-13(10-12)17-16(11-21)18-19-20(17)14-6-8-15(22-2)9-7-14/h3-10,21H,11H2,1-2H3. The Morgan fingerprint density at radius 2 is 1.91 bits per heavy atom. The molecule has 0 aliphatic rings. The maximum absolute atomic E-state index is 9.56. The second-order valence-electron chi connectivity index (χ2n) is 5.02. The maximum atomic E-state index is 9.56. The Morgan fingerprint density at radius 1 is 1.14 bits per heavy atom. The van der Waals surface area contributed by atoms with E-state index in [-0.39, 0.29) is 6.61 Å². The molecule has 0 aliphatic heterocycles. The zero-order chi connectivity index (χ0) is 15.5. The maximum Gasteiger partial charge on any atom is 0.119 e. The minimum Gasteiger partial charge on any atom is -0.497 e. The van der Waals surface area contributed by atoms with Crippen LogP contribution in [0, 0.1) is 6.92 Å². The molecule has 0 unspecified atom stereocenters. The van der Waals surface area contributed by atoms with Gasteiger partial charge in [0.1, 0.15) is 17.1 Å². The minimum absolute atomic E-state index is 0.153. The van der Waals surface area contributed by atoms with Gasteiger partial charge >= 0.3 is 0 Å². The third-order valence-electron chi connectivity index (χ3n) is 3.50. The van der Waals surface area contributed by atoms with E-state index in [1.807, 2.05) is 49.4 Å². The Labute approximate surface area is 128 Å². The normalized spacial score (nSPS) is 10.7. The molecule has 0 bridgehead atoms. The van der Waals surface area contributed by atoms with Crippen molar-refractivity contribution in [2.45, 2.75) is 13.5 Å². The lowest BCUT2D eigenvalue weighted by atomic mass is 10.1. The highest BCUT2D eigenvalue weighted by Crippen LogP contribution is 2.26. The molecular formula is C17H17N3O2. The van der Waals surface area contributed by atoms with E-state index < -0.39 is 0 Å². The molecule has 0 saturated carbocycles. The van der Waals surface area contributed by atoms with E-state index in [0.29, 0.717) is 5.69 Å². The zero-order valence-corrected chi connectivity index (χ0v) is 12.5. The second-order valence-corrected chi connectivity index (χ2v) is 5.02. The number of hydrogen-bond acceptors (Lipinski definition) is 4. The van der Waals surface area contributed by atoms with Crippen LogP contribution in [0.4, 0.5) is 0 Å². The van der Waals surface area contributed by atoms with Crippen molar-refractivity contribution in [3.8, 4) is 22.7 Å². The molecule has 1 N–H and O–H groups in total. The number of aryl methyl sites for hydroxylation is 1. The quantitative estimate of drug-likeness (QED) is 0.804. The van der Waals surface area contributed by atoms with Crippen molar-refractivity contribution in [3.05, 3.63) is 59.8 Å². The number of aliphatic hydroxyl groups is 1. The highest BCUT2D eigenvalue weighted by Gasteiger charge is 2.15. The van der Waals surface area contributed by atoms with Gasteiger partial charge in [0.15, 0.2) is 0 Å². The first-order chi connectivity index (χ1) is 10.7. The molecule has 1 heterocycles. The van der Waals surface area contributed by atoms with Crippen molar-refractivity contribution in [1.82, 2.24) is 15.0 Å². The molecule has 1 aromatic heterocycles. The number of rotatable bonds is 4. The summed E-state index contributed by atoms with van der Waals surface area (Å²) in [4.78, 5) is 0. The molecule has 22 heavy (non-hydrogen) atoms. The van der Waals surface area contributed by atoms with Crippen molar-refractivity contribution in [2.24, 2.45) is 0 Å². The van der Waals surface area contributed by atoms with Crippen molar-refractivity contribution in [3.63, 3.8) is 0 Å². The van der Waals surface area contributed by atoms with Gasteiger partial charge in [-0.15, -0.1) is 5.10 Å². The van der Waals surface area contributed by atoms with Gasteiger partial charge in [-0.1, -0.05) is 29.0 Å². The SMILES string of the molecule is COc1ccc(-n2nnc(CO)c2-c2cccc(C)c2)cc1. The van der Waals surface area contributed by atoms with Crippen LogP contribution in [0.25, 0.3) is 16.9 Å². The smallest absolute Gasteiger partial charge is 0.119 e. The summed E-state index contributed by atoms with van der Waals surface area (Å²) < 4.78 is 6.91. The Hall–Kier alpha value is -2.66. The number of aromatic nitrogens is 3. The molecule has 0 amide bonds. The fraction of sp³-hybridized carbons (Fsp3) is 0.176. The summed E-state index contributed by atoms with van der Waals surface area (Å²) >= 11 is 0. The van der Waals surface area contributed by atoms with E-state index in [2.05, 4.69) is 16.4 Å². The van der Waals surface area contributed by atoms with Gasteiger partial charge in [-0.3, -0.25) is 0 Å². The highest BCUT2D eigenvalue weighted by atomic mass is 16.5. The summed E-state index contributed by atoms with van der Waals surface area (Å²) in [5.74, 6) is 0.781. The fourth-order valence-electron chi connectivity index (χ4n) is 2.40. The lowest BCUT2D eigenvalue weighted by Gasteiger charge is -2.09. The molecule has 112 valence electrons. The molecule has 0 radical (unpaired) electrons. The lowest BCUT2D eigenvalue weighted by molar-refractivity contribution is 0.277. The molecule has 5 heteroatoms. The van der Waals surface area contributed by atoms with Gasteiger partial charge in [0, 0.05) is 5.56 Å². The predicted octanol–water partition coefficient (Wildman–Crippen LogP) is 2.74. The first kappa shape index (κ1) is 14.3. The summed E-state index contributed by atoms with van der Waals surface area (Å²) in [5.41, 5.74) is 4.34. The van der Waals surface area contributed by atoms with Crippen LogP contribution in [0.5, 0.6) is 5.75 Å². The number of methoxy groups -OCH3 is 1. The summed E-state index contributed by atoms with van der Waals surface area (Å²) in [7, 11) is 1.63. The molecule has 3 rings (SSSR count). The molecule has 0 atom stereocenters. The summed E-state index contributed by atoms with van der Waals surface area (Å²) in [6.45, 7) is 1.88. The van der Waals surface area contributed by atoms with E-state index in [0.717, 1.165) is 28.3 Å². The van der Waals surface area contributed by atoms with Crippen molar-refractivity contribution in [1.29, 1.82) is 0 Å². The predicted molar refractivity (Wildman–Crippen MR) is 84.0 cm³/mol. The van der Waals surface area contributed by atoms with Crippen LogP contribution >= 0.6 is 0 Å². The van der Waals surface area contributed by atoms with Gasteiger partial charge < -0.3 is 9.84 Å². The van der Waals surface area contributed by atoms with Gasteiger partial charge in [-0.05, 0) is 37.3 Å². The topological polar surface area (TPSA) is 60.2 Å².